The van der Waals surface area contributed by atoms with Crippen molar-refractivity contribution in [3.63, 3.8) is 0 Å². The highest BCUT2D eigenvalue weighted by molar-refractivity contribution is 5.89. The number of nitrogens with zero attached hydrogens (tertiary/aromatic N) is 3. The van der Waals surface area contributed by atoms with Gasteiger partial charge >= 0.3 is 6.03 Å². The highest BCUT2D eigenvalue weighted by Gasteiger charge is 2.06. The number of rotatable bonds is 5. The lowest BCUT2D eigenvalue weighted by molar-refractivity contribution is 0.251. The Morgan fingerprint density at radius 1 is 1.21 bits per heavy atom. The number of pyridine rings is 2. The third-order valence-electron chi connectivity index (χ3n) is 3.44. The molecule has 3 rings (SSSR count). The smallest absolute Gasteiger partial charge is 0.319 e. The third-order valence-corrected chi connectivity index (χ3v) is 3.44. The van der Waals surface area contributed by atoms with E-state index in [1.54, 1.807) is 18.5 Å². The zero-order valence-corrected chi connectivity index (χ0v) is 13.7. The fourth-order valence-corrected chi connectivity index (χ4v) is 2.42. The van der Waals surface area contributed by atoms with Crippen molar-refractivity contribution in [2.24, 2.45) is 0 Å². The molecule has 3 heterocycles. The van der Waals surface area contributed by atoms with Crippen LogP contribution in [0.5, 0.6) is 0 Å². The number of amides is 2. The monoisotopic (exact) mass is 324 g/mol. The fraction of sp³-hybridized carbons (Fsp3) is 0.235. The number of hydrogen-bond donors (Lipinski definition) is 3. The minimum atomic E-state index is -0.261. The first-order valence-electron chi connectivity index (χ1n) is 7.67. The van der Waals surface area contributed by atoms with Gasteiger partial charge in [-0.05, 0) is 44.4 Å². The minimum absolute atomic E-state index is 0.261. The molecule has 0 aromatic carbocycles. The molecule has 0 saturated carbocycles. The number of fused-ring (bicyclic) bond motifs is 1. The molecule has 0 atom stereocenters. The van der Waals surface area contributed by atoms with E-state index in [9.17, 15) is 4.79 Å². The molecule has 7 heteroatoms. The average molecular weight is 324 g/mol. The van der Waals surface area contributed by atoms with E-state index in [1.165, 1.54) is 0 Å². The van der Waals surface area contributed by atoms with Crippen LogP contribution in [0.3, 0.4) is 0 Å². The Morgan fingerprint density at radius 2 is 2.08 bits per heavy atom. The van der Waals surface area contributed by atoms with Crippen LogP contribution >= 0.6 is 0 Å². The van der Waals surface area contributed by atoms with Gasteiger partial charge in [-0.1, -0.05) is 0 Å². The molecule has 0 saturated heterocycles. The molecular formula is C17H20N6O. The van der Waals surface area contributed by atoms with Crippen molar-refractivity contribution >= 4 is 22.8 Å². The van der Waals surface area contributed by atoms with Crippen LogP contribution in [0.4, 0.5) is 10.5 Å². The maximum Gasteiger partial charge on any atom is 0.319 e. The first kappa shape index (κ1) is 15.9. The summed E-state index contributed by atoms with van der Waals surface area (Å²) in [5, 5.41) is 5.65. The molecular weight excluding hydrogens is 304 g/mol. The van der Waals surface area contributed by atoms with Crippen LogP contribution in [-0.4, -0.2) is 40.0 Å². The second-order valence-electron chi connectivity index (χ2n) is 5.81. The van der Waals surface area contributed by atoms with Gasteiger partial charge in [0.1, 0.15) is 0 Å². The van der Waals surface area contributed by atoms with Gasteiger partial charge in [-0.25, -0.2) is 4.79 Å². The van der Waals surface area contributed by atoms with Gasteiger partial charge in [-0.3, -0.25) is 9.97 Å². The second kappa shape index (κ2) is 7.10. The molecule has 0 unspecified atom stereocenters. The Bertz CT molecular complexity index is 809. The molecule has 124 valence electrons. The van der Waals surface area contributed by atoms with Crippen molar-refractivity contribution in [3.05, 3.63) is 54.1 Å². The summed E-state index contributed by atoms with van der Waals surface area (Å²) < 4.78 is 0. The summed E-state index contributed by atoms with van der Waals surface area (Å²) in [4.78, 5) is 25.8. The van der Waals surface area contributed by atoms with Gasteiger partial charge < -0.3 is 20.5 Å². The number of hydrogen-bond acceptors (Lipinski definition) is 4. The van der Waals surface area contributed by atoms with Gasteiger partial charge in [0.05, 0.1) is 23.3 Å². The summed E-state index contributed by atoms with van der Waals surface area (Å²) in [6, 6.07) is 9.13. The summed E-state index contributed by atoms with van der Waals surface area (Å²) in [6.45, 7) is 1.12. The van der Waals surface area contributed by atoms with Crippen molar-refractivity contribution in [1.29, 1.82) is 0 Å². The second-order valence-corrected chi connectivity index (χ2v) is 5.81. The first-order valence-corrected chi connectivity index (χ1v) is 7.67. The Labute approximate surface area is 140 Å². The lowest BCUT2D eigenvalue weighted by atomic mass is 10.3. The number of aromatic nitrogens is 3. The van der Waals surface area contributed by atoms with E-state index in [4.69, 9.17) is 0 Å². The fourth-order valence-electron chi connectivity index (χ4n) is 2.42. The lowest BCUT2D eigenvalue weighted by Gasteiger charge is -2.11. The SMILES string of the molecule is CN(C)Cc1cc(NC(=O)NCc2cc3ncccc3[nH]2)ccn1. The van der Waals surface area contributed by atoms with E-state index in [0.717, 1.165) is 34.7 Å². The standard InChI is InChI=1S/C17H20N6O/c1-23(2)11-14-8-12(5-7-18-14)22-17(24)20-10-13-9-16-15(21-13)4-3-6-19-16/h3-9,21H,10-11H2,1-2H3,(H2,18,20,22,24). The maximum atomic E-state index is 12.1. The number of aromatic amines is 1. The summed E-state index contributed by atoms with van der Waals surface area (Å²) in [6.07, 6.45) is 3.44. The average Bonchev–Trinajstić information content (AvgIpc) is 2.95. The molecule has 3 aromatic rings. The first-order chi connectivity index (χ1) is 11.6. The molecule has 3 aromatic heterocycles. The number of H-pyrrole nitrogens is 1. The van der Waals surface area contributed by atoms with Crippen molar-refractivity contribution in [1.82, 2.24) is 25.2 Å². The molecule has 2 amide bonds. The van der Waals surface area contributed by atoms with E-state index in [0.29, 0.717) is 6.54 Å². The number of anilines is 1. The van der Waals surface area contributed by atoms with Crippen molar-refractivity contribution in [2.45, 2.75) is 13.1 Å². The highest BCUT2D eigenvalue weighted by Crippen LogP contribution is 2.12. The third kappa shape index (κ3) is 4.08. The Morgan fingerprint density at radius 3 is 2.88 bits per heavy atom. The van der Waals surface area contributed by atoms with Crippen LogP contribution in [0.2, 0.25) is 0 Å². The van der Waals surface area contributed by atoms with Crippen molar-refractivity contribution in [2.75, 3.05) is 19.4 Å². The van der Waals surface area contributed by atoms with Gasteiger partial charge in [0.2, 0.25) is 0 Å². The number of nitrogens with one attached hydrogen (secondary N) is 3. The minimum Gasteiger partial charge on any atom is -0.356 e. The molecule has 7 nitrogen and oxygen atoms in total. The van der Waals surface area contributed by atoms with Crippen LogP contribution in [0.1, 0.15) is 11.4 Å². The normalized spacial score (nSPS) is 11.0. The molecule has 0 fully saturated rings. The van der Waals surface area contributed by atoms with E-state index >= 15 is 0 Å². The van der Waals surface area contributed by atoms with Gasteiger partial charge in [0.15, 0.2) is 0 Å². The van der Waals surface area contributed by atoms with E-state index in [-0.39, 0.29) is 6.03 Å². The van der Waals surface area contributed by atoms with Crippen LogP contribution in [0, 0.1) is 0 Å². The molecule has 0 spiro atoms. The summed E-state index contributed by atoms with van der Waals surface area (Å²) >= 11 is 0. The van der Waals surface area contributed by atoms with Crippen LogP contribution in [0.25, 0.3) is 11.0 Å². The lowest BCUT2D eigenvalue weighted by Crippen LogP contribution is -2.28. The van der Waals surface area contributed by atoms with Gasteiger partial charge in [0, 0.05) is 30.3 Å². The Kier molecular flexibility index (Phi) is 4.72. The van der Waals surface area contributed by atoms with Crippen molar-refractivity contribution < 1.29 is 4.79 Å². The summed E-state index contributed by atoms with van der Waals surface area (Å²) in [5.41, 5.74) is 4.37. The van der Waals surface area contributed by atoms with Gasteiger partial charge in [-0.2, -0.15) is 0 Å². The van der Waals surface area contributed by atoms with Crippen LogP contribution < -0.4 is 10.6 Å². The molecule has 0 aliphatic carbocycles. The zero-order valence-electron chi connectivity index (χ0n) is 13.7. The van der Waals surface area contributed by atoms with Crippen LogP contribution in [-0.2, 0) is 13.1 Å². The predicted molar refractivity (Wildman–Crippen MR) is 93.6 cm³/mol. The quantitative estimate of drug-likeness (QED) is 0.672. The van der Waals surface area contributed by atoms with E-state index in [2.05, 4.69) is 25.6 Å². The molecule has 0 bridgehead atoms. The summed E-state index contributed by atoms with van der Waals surface area (Å²) in [5.74, 6) is 0. The molecule has 0 aliphatic rings. The molecule has 24 heavy (non-hydrogen) atoms. The zero-order chi connectivity index (χ0) is 16.9. The predicted octanol–water partition coefficient (Wildman–Crippen LogP) is 2.34. The van der Waals surface area contributed by atoms with E-state index < -0.39 is 0 Å². The number of carbonyl (C=O) groups is 1. The highest BCUT2D eigenvalue weighted by atomic mass is 16.2. The van der Waals surface area contributed by atoms with E-state index in [1.807, 2.05) is 43.3 Å². The van der Waals surface area contributed by atoms with Gasteiger partial charge in [-0.15, -0.1) is 0 Å². The molecule has 0 radical (unpaired) electrons. The Balaban J connectivity index is 1.57. The van der Waals surface area contributed by atoms with Crippen molar-refractivity contribution in [3.8, 4) is 0 Å². The topological polar surface area (TPSA) is 85.9 Å². The largest absolute Gasteiger partial charge is 0.356 e. The Hall–Kier alpha value is -2.93. The number of carbonyl (C=O) groups excluding carboxylic acids is 1. The van der Waals surface area contributed by atoms with Gasteiger partial charge in [0.25, 0.3) is 0 Å². The van der Waals surface area contributed by atoms with Crippen LogP contribution in [0.15, 0.2) is 42.7 Å². The molecule has 0 aliphatic heterocycles. The molecule has 3 N–H and O–H groups in total. The summed E-state index contributed by atoms with van der Waals surface area (Å²) in [7, 11) is 3.95. The number of urea groups is 1. The maximum absolute atomic E-state index is 12.1.